The number of quaternary nitrogens is 1. The van der Waals surface area contributed by atoms with Gasteiger partial charge in [-0.2, -0.15) is 10.2 Å². The zero-order chi connectivity index (χ0) is 23.2. The minimum absolute atomic E-state index is 0.0767. The molecule has 33 heavy (non-hydrogen) atoms. The van der Waals surface area contributed by atoms with Crippen LogP contribution in [0.5, 0.6) is 0 Å². The topological polar surface area (TPSA) is 149 Å². The Morgan fingerprint density at radius 3 is 2.42 bits per heavy atom. The maximum atomic E-state index is 11.4. The summed E-state index contributed by atoms with van der Waals surface area (Å²) in [6.45, 7) is 0.972. The van der Waals surface area contributed by atoms with Gasteiger partial charge in [0, 0.05) is 42.0 Å². The Bertz CT molecular complexity index is 1220. The molecular formula is C23H21N5O5. The third kappa shape index (κ3) is 5.45. The zero-order valence-electron chi connectivity index (χ0n) is 17.4. The highest BCUT2D eigenvalue weighted by atomic mass is 16.8. The van der Waals surface area contributed by atoms with E-state index in [0.29, 0.717) is 41.6 Å². The predicted molar refractivity (Wildman–Crippen MR) is 118 cm³/mol. The summed E-state index contributed by atoms with van der Waals surface area (Å²) in [6.07, 6.45) is 1.63. The number of carbonyl (C=O) groups is 1. The average Bonchev–Trinajstić information content (AvgIpc) is 3.32. The number of nitrogens with one attached hydrogen (secondary N) is 2. The third-order valence-corrected chi connectivity index (χ3v) is 4.93. The molecule has 10 nitrogen and oxygen atoms in total. The van der Waals surface area contributed by atoms with Gasteiger partial charge in [-0.25, -0.2) is 10.2 Å². The summed E-state index contributed by atoms with van der Waals surface area (Å²) >= 11 is 0. The van der Waals surface area contributed by atoms with Crippen LogP contribution in [0.15, 0.2) is 71.4 Å². The Kier molecular flexibility index (Phi) is 6.81. The molecule has 0 aliphatic rings. The van der Waals surface area contributed by atoms with Crippen molar-refractivity contribution in [2.75, 3.05) is 6.54 Å². The van der Waals surface area contributed by atoms with Gasteiger partial charge < -0.3 is 20.2 Å². The number of aromatic nitrogens is 3. The fourth-order valence-corrected chi connectivity index (χ4v) is 3.24. The van der Waals surface area contributed by atoms with Crippen LogP contribution in [0.25, 0.3) is 34.1 Å². The highest BCUT2D eigenvalue weighted by Crippen LogP contribution is 2.27. The van der Waals surface area contributed by atoms with Crippen LogP contribution in [0, 0.1) is 5.21 Å². The molecule has 2 aromatic heterocycles. The minimum Gasteiger partial charge on any atom is -0.595 e. The van der Waals surface area contributed by atoms with Crippen LogP contribution in [0.2, 0.25) is 0 Å². The van der Waals surface area contributed by atoms with E-state index in [-0.39, 0.29) is 12.1 Å². The molecule has 4 aromatic rings. The average molecular weight is 447 g/mol. The Morgan fingerprint density at radius 1 is 1.03 bits per heavy atom. The van der Waals surface area contributed by atoms with Crippen molar-refractivity contribution >= 4 is 11.7 Å². The highest BCUT2D eigenvalue weighted by Gasteiger charge is 2.14. The quantitative estimate of drug-likeness (QED) is 0.224. The van der Waals surface area contributed by atoms with Gasteiger partial charge in [-0.15, -0.1) is 0 Å². The summed E-state index contributed by atoms with van der Waals surface area (Å²) in [6, 6.07) is 17.8. The van der Waals surface area contributed by atoms with Crippen molar-refractivity contribution in [1.82, 2.24) is 20.4 Å². The van der Waals surface area contributed by atoms with Crippen LogP contribution in [-0.2, 0) is 11.3 Å². The van der Waals surface area contributed by atoms with Crippen molar-refractivity contribution < 1.29 is 24.9 Å². The van der Waals surface area contributed by atoms with Gasteiger partial charge in [0.1, 0.15) is 5.69 Å². The number of rotatable bonds is 9. The molecule has 10 heteroatoms. The lowest BCUT2D eigenvalue weighted by atomic mass is 10.1. The normalized spacial score (nSPS) is 11.9. The summed E-state index contributed by atoms with van der Waals surface area (Å²) in [5.74, 6) is -0.0464. The van der Waals surface area contributed by atoms with Gasteiger partial charge in [0.05, 0.1) is 6.42 Å². The Labute approximate surface area is 188 Å². The lowest BCUT2D eigenvalue weighted by Gasteiger charge is -2.14. The van der Waals surface area contributed by atoms with Crippen LogP contribution in [-0.4, -0.2) is 38.0 Å². The SMILES string of the molecule is O=C(O)CCNCc1ccc(-c2noc(-c3ccc(-c4ncccc4[NH+]([O-])O)cc3)n2)cc1. The lowest BCUT2D eigenvalue weighted by Crippen LogP contribution is -2.99. The second-order valence-corrected chi connectivity index (χ2v) is 7.22. The second-order valence-electron chi connectivity index (χ2n) is 7.22. The lowest BCUT2D eigenvalue weighted by molar-refractivity contribution is -0.991. The second kappa shape index (κ2) is 10.1. The van der Waals surface area contributed by atoms with Gasteiger partial charge in [0.15, 0.2) is 5.69 Å². The number of hydrogen-bond donors (Lipinski definition) is 4. The van der Waals surface area contributed by atoms with Gasteiger partial charge in [0.25, 0.3) is 5.89 Å². The molecule has 168 valence electrons. The van der Waals surface area contributed by atoms with Crippen molar-refractivity contribution in [3.63, 3.8) is 0 Å². The molecule has 0 amide bonds. The van der Waals surface area contributed by atoms with Crippen molar-refractivity contribution in [2.24, 2.45) is 0 Å². The fourth-order valence-electron chi connectivity index (χ4n) is 3.24. The highest BCUT2D eigenvalue weighted by molar-refractivity contribution is 5.71. The van der Waals surface area contributed by atoms with Crippen LogP contribution in [0.1, 0.15) is 12.0 Å². The smallest absolute Gasteiger partial charge is 0.304 e. The van der Waals surface area contributed by atoms with E-state index in [4.69, 9.17) is 9.63 Å². The summed E-state index contributed by atoms with van der Waals surface area (Å²) in [5.41, 5.74) is 3.69. The first-order valence-electron chi connectivity index (χ1n) is 10.2. The van der Waals surface area contributed by atoms with Crippen molar-refractivity contribution in [1.29, 1.82) is 0 Å². The first-order chi connectivity index (χ1) is 16.0. The van der Waals surface area contributed by atoms with E-state index in [1.54, 1.807) is 36.5 Å². The molecular weight excluding hydrogens is 426 g/mol. The standard InChI is InChI=1S/C23H21N5O5/c29-20(30)11-13-24-14-15-3-5-17(6-4-15)22-26-23(33-27-22)18-9-7-16(8-10-18)21-19(28(31)32)2-1-12-25-21/h1-10,12,24,28,31H,11,13-14H2,(H,29,30). The van der Waals surface area contributed by atoms with E-state index in [1.807, 2.05) is 24.3 Å². The Balaban J connectivity index is 1.45. The molecule has 0 radical (unpaired) electrons. The summed E-state index contributed by atoms with van der Waals surface area (Å²) in [7, 11) is 0. The van der Waals surface area contributed by atoms with E-state index in [2.05, 4.69) is 20.4 Å². The van der Waals surface area contributed by atoms with Crippen molar-refractivity contribution in [3.8, 4) is 34.1 Å². The number of nitrogens with zero attached hydrogens (tertiary/aromatic N) is 3. The zero-order valence-corrected chi connectivity index (χ0v) is 17.4. The first-order valence-corrected chi connectivity index (χ1v) is 10.2. The van der Waals surface area contributed by atoms with E-state index in [1.165, 1.54) is 6.07 Å². The van der Waals surface area contributed by atoms with Crippen LogP contribution >= 0.6 is 0 Å². The number of hydrogen-bond acceptors (Lipinski definition) is 8. The molecule has 2 aromatic carbocycles. The third-order valence-electron chi connectivity index (χ3n) is 4.93. The molecule has 0 spiro atoms. The van der Waals surface area contributed by atoms with E-state index in [9.17, 15) is 15.2 Å². The number of aliphatic carboxylic acids is 1. The molecule has 0 aliphatic heterocycles. The van der Waals surface area contributed by atoms with Crippen LogP contribution in [0.4, 0.5) is 5.69 Å². The number of carboxylic acid groups (broad SMARTS) is 1. The largest absolute Gasteiger partial charge is 0.595 e. The van der Waals surface area contributed by atoms with Gasteiger partial charge in [-0.3, -0.25) is 4.79 Å². The summed E-state index contributed by atoms with van der Waals surface area (Å²) in [4.78, 5) is 19.2. The molecule has 4 rings (SSSR count). The van der Waals surface area contributed by atoms with Gasteiger partial charge in [0.2, 0.25) is 5.82 Å². The van der Waals surface area contributed by atoms with Gasteiger partial charge >= 0.3 is 5.97 Å². The van der Waals surface area contributed by atoms with E-state index >= 15 is 0 Å². The number of pyridine rings is 1. The molecule has 0 saturated heterocycles. The Morgan fingerprint density at radius 2 is 1.73 bits per heavy atom. The Hall–Kier alpha value is -3.96. The fraction of sp³-hybridized carbons (Fsp3) is 0.130. The van der Waals surface area contributed by atoms with Gasteiger partial charge in [-0.05, 0) is 23.8 Å². The molecule has 0 aliphatic carbocycles. The molecule has 0 fully saturated rings. The van der Waals surface area contributed by atoms with Crippen molar-refractivity contribution in [2.45, 2.75) is 13.0 Å². The van der Waals surface area contributed by atoms with Crippen LogP contribution in [0.3, 0.4) is 0 Å². The summed E-state index contributed by atoms with van der Waals surface area (Å²) < 4.78 is 5.41. The van der Waals surface area contributed by atoms with E-state index < -0.39 is 11.2 Å². The first kappa shape index (κ1) is 22.2. The maximum Gasteiger partial charge on any atom is 0.304 e. The molecule has 4 N–H and O–H groups in total. The predicted octanol–water partition coefficient (Wildman–Crippen LogP) is 2.43. The number of benzene rings is 2. The van der Waals surface area contributed by atoms with E-state index in [0.717, 1.165) is 11.1 Å². The molecule has 0 bridgehead atoms. The maximum absolute atomic E-state index is 11.4. The molecule has 1 atom stereocenters. The molecule has 1 unspecified atom stereocenters. The van der Waals surface area contributed by atoms with Crippen LogP contribution < -0.4 is 10.5 Å². The van der Waals surface area contributed by atoms with Gasteiger partial charge in [-0.1, -0.05) is 41.6 Å². The number of carboxylic acids is 1. The van der Waals surface area contributed by atoms with Crippen molar-refractivity contribution in [3.05, 3.63) is 77.6 Å². The monoisotopic (exact) mass is 447 g/mol. The molecule has 2 heterocycles. The summed E-state index contributed by atoms with van der Waals surface area (Å²) in [5, 5.41) is 35.6. The molecule has 0 saturated carbocycles. The minimum atomic E-state index is -1.04.